The third-order valence-electron chi connectivity index (χ3n) is 3.29. The van der Waals surface area contributed by atoms with E-state index in [0.29, 0.717) is 13.1 Å². The zero-order valence-electron chi connectivity index (χ0n) is 11.0. The normalized spacial score (nSPS) is 12.8. The number of nitrogens with two attached hydrogens (primary N) is 1. The molecule has 0 unspecified atom stereocenters. The Labute approximate surface area is 120 Å². The largest absolute Gasteiger partial charge is 0.454 e. The van der Waals surface area contributed by atoms with Gasteiger partial charge >= 0.3 is 4.87 Å². The highest BCUT2D eigenvalue weighted by Gasteiger charge is 2.16. The molecule has 1 aliphatic heterocycles. The number of unbranched alkanes of at least 4 members (excludes halogenated alkanes) is 1. The van der Waals surface area contributed by atoms with Gasteiger partial charge in [0.25, 0.3) is 0 Å². The Balaban J connectivity index is 1.92. The SMILES string of the molecule is NCCCCn1c(-c2ccc3c(c2)OCO3)csc1=O. The van der Waals surface area contributed by atoms with Crippen molar-refractivity contribution in [1.82, 2.24) is 4.57 Å². The van der Waals surface area contributed by atoms with Crippen molar-refractivity contribution in [2.45, 2.75) is 19.4 Å². The third-order valence-corrected chi connectivity index (χ3v) is 4.05. The first-order chi connectivity index (χ1) is 9.79. The van der Waals surface area contributed by atoms with E-state index in [9.17, 15) is 4.79 Å². The molecular formula is C14H16N2O3S. The fraction of sp³-hybridized carbons (Fsp3) is 0.357. The Hall–Kier alpha value is -1.79. The number of thiazole rings is 1. The van der Waals surface area contributed by atoms with Crippen LogP contribution in [0.25, 0.3) is 11.3 Å². The zero-order valence-corrected chi connectivity index (χ0v) is 11.8. The molecule has 0 bridgehead atoms. The Bertz CT molecular complexity index is 663. The van der Waals surface area contributed by atoms with Crippen LogP contribution in [0.15, 0.2) is 28.4 Å². The van der Waals surface area contributed by atoms with Crippen molar-refractivity contribution < 1.29 is 9.47 Å². The number of fused-ring (bicyclic) bond motifs is 1. The molecule has 1 aliphatic rings. The van der Waals surface area contributed by atoms with E-state index in [1.165, 1.54) is 11.3 Å². The fourth-order valence-electron chi connectivity index (χ4n) is 2.24. The van der Waals surface area contributed by atoms with Crippen molar-refractivity contribution in [3.05, 3.63) is 33.2 Å². The minimum absolute atomic E-state index is 0.0645. The Kier molecular flexibility index (Phi) is 3.75. The van der Waals surface area contributed by atoms with Gasteiger partial charge in [-0.15, -0.1) is 0 Å². The molecule has 106 valence electrons. The van der Waals surface area contributed by atoms with Crippen molar-refractivity contribution >= 4 is 11.3 Å². The van der Waals surface area contributed by atoms with Crippen LogP contribution in [0, 0.1) is 0 Å². The number of benzene rings is 1. The Morgan fingerprint density at radius 2 is 2.10 bits per heavy atom. The van der Waals surface area contributed by atoms with Crippen LogP contribution in [0.3, 0.4) is 0 Å². The van der Waals surface area contributed by atoms with Crippen LogP contribution in [0.4, 0.5) is 0 Å². The molecule has 6 heteroatoms. The van der Waals surface area contributed by atoms with Gasteiger partial charge in [0, 0.05) is 17.5 Å². The van der Waals surface area contributed by atoms with E-state index < -0.39 is 0 Å². The zero-order chi connectivity index (χ0) is 13.9. The summed E-state index contributed by atoms with van der Waals surface area (Å²) in [5, 5.41) is 1.89. The molecule has 0 amide bonds. The molecule has 0 spiro atoms. The van der Waals surface area contributed by atoms with Crippen LogP contribution in [0.5, 0.6) is 11.5 Å². The smallest absolute Gasteiger partial charge is 0.307 e. The fourth-order valence-corrected chi connectivity index (χ4v) is 3.03. The summed E-state index contributed by atoms with van der Waals surface area (Å²) in [6, 6.07) is 5.75. The molecule has 20 heavy (non-hydrogen) atoms. The molecule has 0 radical (unpaired) electrons. The van der Waals surface area contributed by atoms with E-state index in [4.69, 9.17) is 15.2 Å². The van der Waals surface area contributed by atoms with Crippen molar-refractivity contribution in [2.75, 3.05) is 13.3 Å². The predicted octanol–water partition coefficient (Wildman–Crippen LogP) is 2.04. The molecule has 0 saturated heterocycles. The summed E-state index contributed by atoms with van der Waals surface area (Å²) >= 11 is 1.22. The lowest BCUT2D eigenvalue weighted by Gasteiger charge is -2.08. The van der Waals surface area contributed by atoms with Gasteiger partial charge in [0.2, 0.25) is 6.79 Å². The summed E-state index contributed by atoms with van der Waals surface area (Å²) in [4.78, 5) is 12.0. The molecule has 5 nitrogen and oxygen atoms in total. The molecule has 1 aromatic carbocycles. The van der Waals surface area contributed by atoms with Crippen LogP contribution < -0.4 is 20.1 Å². The van der Waals surface area contributed by atoms with Crippen molar-refractivity contribution in [3.63, 3.8) is 0 Å². The van der Waals surface area contributed by atoms with E-state index in [0.717, 1.165) is 35.6 Å². The van der Waals surface area contributed by atoms with Crippen molar-refractivity contribution in [2.24, 2.45) is 5.73 Å². The maximum absolute atomic E-state index is 11.9. The highest BCUT2D eigenvalue weighted by molar-refractivity contribution is 7.07. The molecule has 2 N–H and O–H groups in total. The minimum Gasteiger partial charge on any atom is -0.454 e. The first kappa shape index (κ1) is 13.2. The van der Waals surface area contributed by atoms with Crippen molar-refractivity contribution in [1.29, 1.82) is 0 Å². The molecule has 0 atom stereocenters. The first-order valence-electron chi connectivity index (χ1n) is 6.58. The molecular weight excluding hydrogens is 276 g/mol. The minimum atomic E-state index is 0.0645. The molecule has 0 fully saturated rings. The highest BCUT2D eigenvalue weighted by Crippen LogP contribution is 2.35. The van der Waals surface area contributed by atoms with Crippen molar-refractivity contribution in [3.8, 4) is 22.8 Å². The first-order valence-corrected chi connectivity index (χ1v) is 7.46. The monoisotopic (exact) mass is 292 g/mol. The Morgan fingerprint density at radius 1 is 1.25 bits per heavy atom. The highest BCUT2D eigenvalue weighted by atomic mass is 32.1. The molecule has 0 aliphatic carbocycles. The summed E-state index contributed by atoms with van der Waals surface area (Å²) in [5.41, 5.74) is 7.40. The van der Waals surface area contributed by atoms with Gasteiger partial charge in [-0.05, 0) is 37.6 Å². The maximum Gasteiger partial charge on any atom is 0.307 e. The van der Waals surface area contributed by atoms with Gasteiger partial charge in [-0.25, -0.2) is 0 Å². The van der Waals surface area contributed by atoms with Crippen LogP contribution in [0.1, 0.15) is 12.8 Å². The average Bonchev–Trinajstić information content (AvgIpc) is 3.05. The summed E-state index contributed by atoms with van der Waals surface area (Å²) in [6.45, 7) is 1.60. The van der Waals surface area contributed by atoms with Crippen LogP contribution >= 0.6 is 11.3 Å². The van der Waals surface area contributed by atoms with Crippen LogP contribution in [-0.4, -0.2) is 17.9 Å². The number of nitrogens with zero attached hydrogens (tertiary/aromatic N) is 1. The summed E-state index contributed by atoms with van der Waals surface area (Å²) in [5.74, 6) is 1.48. The lowest BCUT2D eigenvalue weighted by molar-refractivity contribution is 0.174. The Morgan fingerprint density at radius 3 is 2.95 bits per heavy atom. The molecule has 0 saturated carbocycles. The van der Waals surface area contributed by atoms with Gasteiger partial charge in [0.15, 0.2) is 11.5 Å². The summed E-state index contributed by atoms with van der Waals surface area (Å²) < 4.78 is 12.5. The number of hydrogen-bond acceptors (Lipinski definition) is 5. The van der Waals surface area contributed by atoms with E-state index in [1.807, 2.05) is 23.6 Å². The quantitative estimate of drug-likeness (QED) is 0.856. The third kappa shape index (κ3) is 2.44. The lowest BCUT2D eigenvalue weighted by Crippen LogP contribution is -2.15. The van der Waals surface area contributed by atoms with Gasteiger partial charge in [-0.1, -0.05) is 11.3 Å². The van der Waals surface area contributed by atoms with E-state index in [2.05, 4.69) is 0 Å². The second kappa shape index (κ2) is 5.68. The van der Waals surface area contributed by atoms with Crippen LogP contribution in [-0.2, 0) is 6.54 Å². The predicted molar refractivity (Wildman–Crippen MR) is 78.4 cm³/mol. The lowest BCUT2D eigenvalue weighted by atomic mass is 10.1. The summed E-state index contributed by atoms with van der Waals surface area (Å²) in [7, 11) is 0. The molecule has 3 rings (SSSR count). The molecule has 2 heterocycles. The van der Waals surface area contributed by atoms with E-state index >= 15 is 0 Å². The second-order valence-corrected chi connectivity index (χ2v) is 5.42. The van der Waals surface area contributed by atoms with Gasteiger partial charge in [-0.2, -0.15) is 0 Å². The average molecular weight is 292 g/mol. The summed E-state index contributed by atoms with van der Waals surface area (Å²) in [6.07, 6.45) is 1.83. The second-order valence-electron chi connectivity index (χ2n) is 4.60. The number of aromatic nitrogens is 1. The van der Waals surface area contributed by atoms with E-state index in [-0.39, 0.29) is 11.7 Å². The number of ether oxygens (including phenoxy) is 2. The molecule has 1 aromatic heterocycles. The van der Waals surface area contributed by atoms with Gasteiger partial charge in [0.1, 0.15) is 0 Å². The van der Waals surface area contributed by atoms with Gasteiger partial charge in [0.05, 0.1) is 5.69 Å². The standard InChI is InChI=1S/C14H16N2O3S/c15-5-1-2-6-16-11(8-20-14(16)17)10-3-4-12-13(7-10)19-9-18-12/h3-4,7-8H,1-2,5-6,9,15H2. The molecule has 2 aromatic rings. The van der Waals surface area contributed by atoms with Crippen LogP contribution in [0.2, 0.25) is 0 Å². The maximum atomic E-state index is 11.9. The van der Waals surface area contributed by atoms with Gasteiger partial charge < -0.3 is 15.2 Å². The van der Waals surface area contributed by atoms with E-state index in [1.54, 1.807) is 4.57 Å². The van der Waals surface area contributed by atoms with Gasteiger partial charge in [-0.3, -0.25) is 9.36 Å². The topological polar surface area (TPSA) is 66.5 Å². The number of rotatable bonds is 5. The number of hydrogen-bond donors (Lipinski definition) is 1.